The predicted octanol–water partition coefficient (Wildman–Crippen LogP) is 3.96. The van der Waals surface area contributed by atoms with E-state index >= 15 is 0 Å². The monoisotopic (exact) mass is 339 g/mol. The lowest BCUT2D eigenvalue weighted by Gasteiger charge is -2.21. The first-order chi connectivity index (χ1) is 12.1. The highest BCUT2D eigenvalue weighted by molar-refractivity contribution is 5.91. The van der Waals surface area contributed by atoms with E-state index in [4.69, 9.17) is 0 Å². The van der Waals surface area contributed by atoms with Gasteiger partial charge in [-0.05, 0) is 50.6 Å². The number of benzene rings is 2. The van der Waals surface area contributed by atoms with Crippen LogP contribution in [0.3, 0.4) is 0 Å². The molecule has 0 radical (unpaired) electrons. The third-order valence-corrected chi connectivity index (χ3v) is 4.22. The molecule has 0 spiro atoms. The van der Waals surface area contributed by atoms with Crippen LogP contribution in [-0.4, -0.2) is 25.5 Å². The third-order valence-electron chi connectivity index (χ3n) is 4.22. The predicted molar refractivity (Wildman–Crippen MR) is 106 cm³/mol. The van der Waals surface area contributed by atoms with Crippen molar-refractivity contribution in [1.29, 1.82) is 0 Å². The summed E-state index contributed by atoms with van der Waals surface area (Å²) in [4.78, 5) is 14.3. The van der Waals surface area contributed by atoms with Crippen molar-refractivity contribution in [2.75, 3.05) is 29.9 Å². The molecule has 2 aromatic carbocycles. The Morgan fingerprint density at radius 3 is 2.40 bits per heavy atom. The molecule has 0 saturated heterocycles. The molecule has 0 unspecified atom stereocenters. The van der Waals surface area contributed by atoms with Gasteiger partial charge in [-0.15, -0.1) is 0 Å². The van der Waals surface area contributed by atoms with Gasteiger partial charge >= 0.3 is 0 Å². The summed E-state index contributed by atoms with van der Waals surface area (Å²) in [6.07, 6.45) is 0.462. The van der Waals surface area contributed by atoms with Crippen LogP contribution in [0.15, 0.2) is 48.5 Å². The average Bonchev–Trinajstić information content (AvgIpc) is 2.61. The first kappa shape index (κ1) is 19.0. The van der Waals surface area contributed by atoms with Gasteiger partial charge in [0.25, 0.3) is 0 Å². The number of rotatable bonds is 9. The van der Waals surface area contributed by atoms with Crippen LogP contribution in [0.5, 0.6) is 0 Å². The van der Waals surface area contributed by atoms with Gasteiger partial charge in [0.15, 0.2) is 0 Å². The van der Waals surface area contributed by atoms with Gasteiger partial charge in [0.05, 0.1) is 0 Å². The number of carbonyl (C=O) groups is 1. The van der Waals surface area contributed by atoms with E-state index in [1.54, 1.807) is 0 Å². The van der Waals surface area contributed by atoms with Crippen molar-refractivity contribution < 1.29 is 4.79 Å². The smallest absolute Gasteiger partial charge is 0.225 e. The summed E-state index contributed by atoms with van der Waals surface area (Å²) < 4.78 is 0. The van der Waals surface area contributed by atoms with Gasteiger partial charge in [0.2, 0.25) is 5.91 Å². The fourth-order valence-corrected chi connectivity index (χ4v) is 2.82. The Hall–Kier alpha value is -2.33. The van der Waals surface area contributed by atoms with Gasteiger partial charge in [0, 0.05) is 44.0 Å². The highest BCUT2D eigenvalue weighted by atomic mass is 16.1. The van der Waals surface area contributed by atoms with Crippen LogP contribution in [0.4, 0.5) is 11.4 Å². The van der Waals surface area contributed by atoms with Crippen LogP contribution in [0, 0.1) is 6.92 Å². The molecule has 4 heteroatoms. The second-order valence-corrected chi connectivity index (χ2v) is 6.18. The topological polar surface area (TPSA) is 44.4 Å². The van der Waals surface area contributed by atoms with Crippen molar-refractivity contribution in [2.24, 2.45) is 0 Å². The molecule has 0 atom stereocenters. The number of anilines is 2. The van der Waals surface area contributed by atoms with E-state index in [9.17, 15) is 4.79 Å². The minimum absolute atomic E-state index is 0.0346. The van der Waals surface area contributed by atoms with Crippen LogP contribution in [0.1, 0.15) is 31.4 Å². The van der Waals surface area contributed by atoms with Crippen molar-refractivity contribution in [3.8, 4) is 0 Å². The Bertz CT molecular complexity index is 663. The molecular weight excluding hydrogens is 310 g/mol. The van der Waals surface area contributed by atoms with Gasteiger partial charge in [-0.3, -0.25) is 4.79 Å². The summed E-state index contributed by atoms with van der Waals surface area (Å²) in [5.74, 6) is 0.0346. The van der Waals surface area contributed by atoms with E-state index < -0.39 is 0 Å². The Labute approximate surface area is 151 Å². The number of aryl methyl sites for hydroxylation is 1. The molecular formula is C21H29N3O. The largest absolute Gasteiger partial charge is 0.372 e. The number of nitrogens with zero attached hydrogens (tertiary/aromatic N) is 1. The Kier molecular flexibility index (Phi) is 7.48. The van der Waals surface area contributed by atoms with E-state index in [1.807, 2.05) is 12.1 Å². The Morgan fingerprint density at radius 2 is 1.76 bits per heavy atom. The quantitative estimate of drug-likeness (QED) is 0.680. The van der Waals surface area contributed by atoms with Crippen LogP contribution >= 0.6 is 0 Å². The normalized spacial score (nSPS) is 10.5. The summed E-state index contributed by atoms with van der Waals surface area (Å²) >= 11 is 0. The van der Waals surface area contributed by atoms with Gasteiger partial charge in [-0.1, -0.05) is 29.8 Å². The van der Waals surface area contributed by atoms with Crippen molar-refractivity contribution in [3.05, 3.63) is 59.7 Å². The number of nitrogens with one attached hydrogen (secondary N) is 2. The molecule has 2 aromatic rings. The highest BCUT2D eigenvalue weighted by Gasteiger charge is 2.04. The molecule has 2 N–H and O–H groups in total. The van der Waals surface area contributed by atoms with Gasteiger partial charge in [0.1, 0.15) is 0 Å². The zero-order chi connectivity index (χ0) is 18.1. The van der Waals surface area contributed by atoms with Crippen molar-refractivity contribution in [3.63, 3.8) is 0 Å². The number of carbonyl (C=O) groups excluding carboxylic acids is 1. The fourth-order valence-electron chi connectivity index (χ4n) is 2.82. The summed E-state index contributed by atoms with van der Waals surface area (Å²) in [7, 11) is 0. The lowest BCUT2D eigenvalue weighted by atomic mass is 10.1. The summed E-state index contributed by atoms with van der Waals surface area (Å²) in [6.45, 7) is 9.78. The fraction of sp³-hybridized carbons (Fsp3) is 0.381. The van der Waals surface area contributed by atoms with Crippen LogP contribution in [0.25, 0.3) is 0 Å². The van der Waals surface area contributed by atoms with E-state index in [0.29, 0.717) is 13.0 Å². The molecule has 0 bridgehead atoms. The lowest BCUT2D eigenvalue weighted by Crippen LogP contribution is -2.22. The minimum atomic E-state index is 0.0346. The first-order valence-corrected chi connectivity index (χ1v) is 9.03. The molecule has 0 aliphatic carbocycles. The molecule has 1 amide bonds. The lowest BCUT2D eigenvalue weighted by molar-refractivity contribution is -0.116. The maximum atomic E-state index is 12.0. The maximum absolute atomic E-state index is 12.0. The van der Waals surface area contributed by atoms with Crippen molar-refractivity contribution >= 4 is 17.3 Å². The summed E-state index contributed by atoms with van der Waals surface area (Å²) in [5, 5.41) is 6.27. The SMILES string of the molecule is CCN(CC)c1ccc(NC(=O)CCNCc2cccc(C)c2)cc1. The van der Waals surface area contributed by atoms with Crippen molar-refractivity contribution in [1.82, 2.24) is 5.32 Å². The molecule has 2 rings (SSSR count). The molecule has 0 saturated carbocycles. The van der Waals surface area contributed by atoms with Crippen LogP contribution in [-0.2, 0) is 11.3 Å². The maximum Gasteiger partial charge on any atom is 0.225 e. The minimum Gasteiger partial charge on any atom is -0.372 e. The first-order valence-electron chi connectivity index (χ1n) is 9.03. The highest BCUT2D eigenvalue weighted by Crippen LogP contribution is 2.17. The summed E-state index contributed by atoms with van der Waals surface area (Å²) in [5.41, 5.74) is 4.53. The molecule has 0 heterocycles. The van der Waals surface area contributed by atoms with E-state index in [1.165, 1.54) is 16.8 Å². The van der Waals surface area contributed by atoms with E-state index in [0.717, 1.165) is 25.3 Å². The summed E-state index contributed by atoms with van der Waals surface area (Å²) in [6, 6.07) is 16.4. The zero-order valence-corrected chi connectivity index (χ0v) is 15.5. The number of amides is 1. The number of hydrogen-bond donors (Lipinski definition) is 2. The molecule has 4 nitrogen and oxygen atoms in total. The Balaban J connectivity index is 1.73. The van der Waals surface area contributed by atoms with Crippen LogP contribution in [0.2, 0.25) is 0 Å². The molecule has 0 aromatic heterocycles. The zero-order valence-electron chi connectivity index (χ0n) is 15.5. The molecule has 0 aliphatic heterocycles. The second kappa shape index (κ2) is 9.84. The molecule has 0 fully saturated rings. The molecule has 25 heavy (non-hydrogen) atoms. The number of hydrogen-bond acceptors (Lipinski definition) is 3. The van der Waals surface area contributed by atoms with Crippen LogP contribution < -0.4 is 15.5 Å². The third kappa shape index (κ3) is 6.24. The van der Waals surface area contributed by atoms with Gasteiger partial charge in [-0.25, -0.2) is 0 Å². The average molecular weight is 339 g/mol. The van der Waals surface area contributed by atoms with Gasteiger partial charge < -0.3 is 15.5 Å². The standard InChI is InChI=1S/C21H29N3O/c1-4-24(5-2)20-11-9-19(10-12-20)23-21(25)13-14-22-16-18-8-6-7-17(3)15-18/h6-12,15,22H,4-5,13-14,16H2,1-3H3,(H,23,25). The van der Waals surface area contributed by atoms with E-state index in [-0.39, 0.29) is 5.91 Å². The van der Waals surface area contributed by atoms with Gasteiger partial charge in [-0.2, -0.15) is 0 Å². The molecule has 134 valence electrons. The van der Waals surface area contributed by atoms with Crippen molar-refractivity contribution in [2.45, 2.75) is 33.7 Å². The Morgan fingerprint density at radius 1 is 1.04 bits per heavy atom. The molecule has 0 aliphatic rings. The van der Waals surface area contributed by atoms with E-state index in [2.05, 4.69) is 72.7 Å². The second-order valence-electron chi connectivity index (χ2n) is 6.18.